The molecule has 0 saturated heterocycles. The quantitative estimate of drug-likeness (QED) is 0.760. The van der Waals surface area contributed by atoms with E-state index < -0.39 is 0 Å². The molecule has 0 saturated carbocycles. The molecular formula is C13H11N7OS. The molecular weight excluding hydrogens is 302 g/mol. The monoisotopic (exact) mass is 313 g/mol. The average molecular weight is 313 g/mol. The summed E-state index contributed by atoms with van der Waals surface area (Å²) in [4.78, 5) is 21.7. The van der Waals surface area contributed by atoms with Crippen molar-refractivity contribution in [3.8, 4) is 6.07 Å². The first kappa shape index (κ1) is 14.0. The molecule has 0 fully saturated rings. The lowest BCUT2D eigenvalue weighted by atomic mass is 10.2. The second-order valence-corrected chi connectivity index (χ2v) is 5.30. The Hall–Kier alpha value is -2.99. The van der Waals surface area contributed by atoms with Crippen molar-refractivity contribution in [2.24, 2.45) is 7.05 Å². The smallest absolute Gasteiger partial charge is 0.258 e. The van der Waals surface area contributed by atoms with Gasteiger partial charge in [-0.1, -0.05) is 0 Å². The summed E-state index contributed by atoms with van der Waals surface area (Å²) in [6.45, 7) is 0. The van der Waals surface area contributed by atoms with Crippen LogP contribution in [0, 0.1) is 11.3 Å². The van der Waals surface area contributed by atoms with Crippen LogP contribution in [0.3, 0.4) is 0 Å². The molecule has 0 bridgehead atoms. The lowest BCUT2D eigenvalue weighted by Gasteiger charge is -2.02. The van der Waals surface area contributed by atoms with E-state index in [1.54, 1.807) is 31.9 Å². The van der Waals surface area contributed by atoms with Crippen molar-refractivity contribution in [2.45, 2.75) is 0 Å². The van der Waals surface area contributed by atoms with Gasteiger partial charge < -0.3 is 10.6 Å². The zero-order chi connectivity index (χ0) is 15.7. The maximum atomic E-state index is 12.4. The fourth-order valence-electron chi connectivity index (χ4n) is 1.94. The Bertz CT molecular complexity index is 905. The molecule has 8 nitrogen and oxygen atoms in total. The lowest BCUT2D eigenvalue weighted by molar-refractivity contribution is 0.102. The lowest BCUT2D eigenvalue weighted by Crippen LogP contribution is -2.12. The van der Waals surface area contributed by atoms with Crippen LogP contribution in [0.5, 0.6) is 0 Å². The highest BCUT2D eigenvalue weighted by Crippen LogP contribution is 2.25. The van der Waals surface area contributed by atoms with Crippen LogP contribution in [0.1, 0.15) is 16.1 Å². The minimum atomic E-state index is -0.349. The highest BCUT2D eigenvalue weighted by molar-refractivity contribution is 7.17. The SMILES string of the molecule is CNc1cnc2scc(C(=O)Nc3cn(C)nc3C#N)c2n1. The summed E-state index contributed by atoms with van der Waals surface area (Å²) in [5.41, 5.74) is 1.47. The molecule has 0 aromatic carbocycles. The van der Waals surface area contributed by atoms with Gasteiger partial charge in [0.1, 0.15) is 22.2 Å². The maximum absolute atomic E-state index is 12.4. The Balaban J connectivity index is 1.97. The van der Waals surface area contributed by atoms with Gasteiger partial charge in [0.2, 0.25) is 0 Å². The number of nitrogens with zero attached hydrogens (tertiary/aromatic N) is 5. The molecule has 0 atom stereocenters. The molecule has 0 radical (unpaired) electrons. The first-order chi connectivity index (χ1) is 10.6. The topological polar surface area (TPSA) is 109 Å². The van der Waals surface area contributed by atoms with E-state index in [2.05, 4.69) is 25.7 Å². The van der Waals surface area contributed by atoms with Crippen LogP contribution < -0.4 is 10.6 Å². The van der Waals surface area contributed by atoms with E-state index >= 15 is 0 Å². The third-order valence-corrected chi connectivity index (χ3v) is 3.84. The normalized spacial score (nSPS) is 10.4. The van der Waals surface area contributed by atoms with Gasteiger partial charge in [-0.15, -0.1) is 11.3 Å². The number of rotatable bonds is 3. The van der Waals surface area contributed by atoms with Gasteiger partial charge in [-0.05, 0) is 0 Å². The van der Waals surface area contributed by atoms with Crippen molar-refractivity contribution in [1.82, 2.24) is 19.7 Å². The van der Waals surface area contributed by atoms with Gasteiger partial charge in [-0.2, -0.15) is 10.4 Å². The van der Waals surface area contributed by atoms with Crippen LogP contribution in [-0.4, -0.2) is 32.7 Å². The van der Waals surface area contributed by atoms with Crippen molar-refractivity contribution in [2.75, 3.05) is 17.7 Å². The summed E-state index contributed by atoms with van der Waals surface area (Å²) >= 11 is 1.34. The third kappa shape index (κ3) is 2.36. The number of hydrogen-bond acceptors (Lipinski definition) is 7. The number of aryl methyl sites for hydroxylation is 1. The molecule has 110 valence electrons. The van der Waals surface area contributed by atoms with Gasteiger partial charge in [0, 0.05) is 25.7 Å². The fraction of sp³-hybridized carbons (Fsp3) is 0.154. The van der Waals surface area contributed by atoms with Crippen molar-refractivity contribution in [1.29, 1.82) is 5.26 Å². The Kier molecular flexibility index (Phi) is 3.44. The van der Waals surface area contributed by atoms with E-state index in [-0.39, 0.29) is 11.6 Å². The van der Waals surface area contributed by atoms with Gasteiger partial charge in [-0.25, -0.2) is 9.97 Å². The van der Waals surface area contributed by atoms with E-state index in [4.69, 9.17) is 5.26 Å². The molecule has 0 aliphatic carbocycles. The van der Waals surface area contributed by atoms with E-state index in [9.17, 15) is 4.79 Å². The third-order valence-electron chi connectivity index (χ3n) is 2.97. The first-order valence-electron chi connectivity index (χ1n) is 6.29. The number of fused-ring (bicyclic) bond motifs is 1. The van der Waals surface area contributed by atoms with E-state index in [1.807, 2.05) is 6.07 Å². The van der Waals surface area contributed by atoms with Gasteiger partial charge in [0.15, 0.2) is 5.69 Å². The number of anilines is 2. The van der Waals surface area contributed by atoms with Crippen LogP contribution in [0.15, 0.2) is 17.8 Å². The molecule has 2 N–H and O–H groups in total. The molecule has 1 amide bonds. The minimum absolute atomic E-state index is 0.164. The maximum Gasteiger partial charge on any atom is 0.258 e. The van der Waals surface area contributed by atoms with E-state index in [0.717, 1.165) is 0 Å². The zero-order valence-electron chi connectivity index (χ0n) is 11.8. The summed E-state index contributed by atoms with van der Waals surface area (Å²) < 4.78 is 1.47. The van der Waals surface area contributed by atoms with Crippen molar-refractivity contribution in [3.63, 3.8) is 0 Å². The van der Waals surface area contributed by atoms with Gasteiger partial charge >= 0.3 is 0 Å². The molecule has 22 heavy (non-hydrogen) atoms. The van der Waals surface area contributed by atoms with Crippen molar-refractivity contribution >= 4 is 39.1 Å². The molecule has 3 aromatic heterocycles. The predicted octanol–water partition coefficient (Wildman–Crippen LogP) is 1.59. The molecule has 3 aromatic rings. The number of amides is 1. The summed E-state index contributed by atoms with van der Waals surface area (Å²) in [7, 11) is 3.41. The number of thiophene rings is 1. The molecule has 9 heteroatoms. The number of nitrogens with one attached hydrogen (secondary N) is 2. The van der Waals surface area contributed by atoms with Gasteiger partial charge in [0.25, 0.3) is 5.91 Å². The molecule has 0 aliphatic rings. The number of carbonyl (C=O) groups excluding carboxylic acids is 1. The van der Waals surface area contributed by atoms with Crippen molar-refractivity contribution in [3.05, 3.63) is 29.0 Å². The Labute approximate surface area is 129 Å². The summed E-state index contributed by atoms with van der Waals surface area (Å²) in [6.07, 6.45) is 3.19. The highest BCUT2D eigenvalue weighted by atomic mass is 32.1. The largest absolute Gasteiger partial charge is 0.372 e. The molecule has 3 heterocycles. The minimum Gasteiger partial charge on any atom is -0.372 e. The van der Waals surface area contributed by atoms with Crippen LogP contribution in [0.4, 0.5) is 11.5 Å². The standard InChI is InChI=1S/C13H11N7OS/c1-15-10-4-16-13-11(18-10)7(6-22-13)12(21)17-9-5-20(2)19-8(9)3-14/h4-6H,1-2H3,(H,15,18)(H,17,21). The molecule has 0 aliphatic heterocycles. The molecule has 3 rings (SSSR count). The van der Waals surface area contributed by atoms with Gasteiger partial charge in [-0.3, -0.25) is 9.48 Å². The number of nitriles is 1. The summed E-state index contributed by atoms with van der Waals surface area (Å²) in [6, 6.07) is 1.94. The van der Waals surface area contributed by atoms with Crippen LogP contribution in [0.2, 0.25) is 0 Å². The predicted molar refractivity (Wildman–Crippen MR) is 82.8 cm³/mol. The number of aromatic nitrogens is 4. The summed E-state index contributed by atoms with van der Waals surface area (Å²) in [5.74, 6) is 0.234. The van der Waals surface area contributed by atoms with Crippen molar-refractivity contribution < 1.29 is 4.79 Å². The van der Waals surface area contributed by atoms with Crippen LogP contribution >= 0.6 is 11.3 Å². The first-order valence-corrected chi connectivity index (χ1v) is 7.17. The van der Waals surface area contributed by atoms with Crippen LogP contribution in [0.25, 0.3) is 10.3 Å². The number of carbonyl (C=O) groups is 1. The van der Waals surface area contributed by atoms with E-state index in [1.165, 1.54) is 16.0 Å². The second kappa shape index (κ2) is 5.42. The van der Waals surface area contributed by atoms with Gasteiger partial charge in [0.05, 0.1) is 17.4 Å². The Morgan fingerprint density at radius 3 is 3.05 bits per heavy atom. The number of hydrogen-bond donors (Lipinski definition) is 2. The average Bonchev–Trinajstić information content (AvgIpc) is 3.09. The van der Waals surface area contributed by atoms with E-state index in [0.29, 0.717) is 27.4 Å². The Morgan fingerprint density at radius 1 is 1.50 bits per heavy atom. The fourth-order valence-corrected chi connectivity index (χ4v) is 2.77. The molecule has 0 spiro atoms. The highest BCUT2D eigenvalue weighted by Gasteiger charge is 2.17. The molecule has 0 unspecified atom stereocenters. The Morgan fingerprint density at radius 2 is 2.32 bits per heavy atom. The zero-order valence-corrected chi connectivity index (χ0v) is 12.6. The van der Waals surface area contributed by atoms with Crippen LogP contribution in [-0.2, 0) is 7.05 Å². The second-order valence-electron chi connectivity index (χ2n) is 4.44. The summed E-state index contributed by atoms with van der Waals surface area (Å²) in [5, 5.41) is 20.2.